The molecule has 0 amide bonds. The first kappa shape index (κ1) is 12.2. The molecule has 3 heteroatoms. The number of aromatic nitrogens is 1. The molecule has 0 aliphatic carbocycles. The molecule has 2 unspecified atom stereocenters. The molecule has 0 bridgehead atoms. The molecule has 0 saturated carbocycles. The summed E-state index contributed by atoms with van der Waals surface area (Å²) in [6.07, 6.45) is 2.68. The number of anilines is 1. The molecule has 3 heterocycles. The number of fused-ring (bicyclic) bond motifs is 2. The van der Waals surface area contributed by atoms with Crippen LogP contribution in [-0.2, 0) is 0 Å². The van der Waals surface area contributed by atoms with Gasteiger partial charge in [0, 0.05) is 24.5 Å². The fourth-order valence-electron chi connectivity index (χ4n) is 3.75. The number of hydrogen-bond acceptors (Lipinski definition) is 3. The Kier molecular flexibility index (Phi) is 2.88. The van der Waals surface area contributed by atoms with Gasteiger partial charge in [-0.1, -0.05) is 18.2 Å². The van der Waals surface area contributed by atoms with E-state index in [0.717, 1.165) is 24.5 Å². The molecule has 1 aromatic carbocycles. The van der Waals surface area contributed by atoms with E-state index in [0.29, 0.717) is 6.04 Å². The third-order valence-corrected chi connectivity index (χ3v) is 4.79. The minimum Gasteiger partial charge on any atom is -0.354 e. The van der Waals surface area contributed by atoms with Crippen molar-refractivity contribution >= 4 is 16.7 Å². The molecule has 104 valence electrons. The van der Waals surface area contributed by atoms with E-state index in [1.54, 1.807) is 0 Å². The van der Waals surface area contributed by atoms with Gasteiger partial charge in [-0.3, -0.25) is 0 Å². The molecule has 2 aliphatic rings. The van der Waals surface area contributed by atoms with Crippen LogP contribution in [0.1, 0.15) is 18.4 Å². The van der Waals surface area contributed by atoms with Crippen molar-refractivity contribution in [3.63, 3.8) is 0 Å². The average molecular weight is 267 g/mol. The van der Waals surface area contributed by atoms with Crippen LogP contribution in [0, 0.1) is 12.8 Å². The van der Waals surface area contributed by atoms with Crippen molar-refractivity contribution in [1.29, 1.82) is 0 Å². The normalized spacial score (nSPS) is 25.9. The maximum Gasteiger partial charge on any atom is 0.132 e. The van der Waals surface area contributed by atoms with Gasteiger partial charge in [-0.25, -0.2) is 4.98 Å². The lowest BCUT2D eigenvalue weighted by Gasteiger charge is -2.24. The smallest absolute Gasteiger partial charge is 0.132 e. The van der Waals surface area contributed by atoms with Gasteiger partial charge < -0.3 is 10.2 Å². The zero-order valence-corrected chi connectivity index (χ0v) is 12.0. The van der Waals surface area contributed by atoms with E-state index in [2.05, 4.69) is 47.5 Å². The van der Waals surface area contributed by atoms with Crippen LogP contribution in [0.4, 0.5) is 5.82 Å². The molecule has 1 N–H and O–H groups in total. The number of rotatable bonds is 1. The van der Waals surface area contributed by atoms with Crippen LogP contribution in [0.25, 0.3) is 10.9 Å². The van der Waals surface area contributed by atoms with E-state index >= 15 is 0 Å². The van der Waals surface area contributed by atoms with Gasteiger partial charge in [-0.2, -0.15) is 0 Å². The number of piperidine rings is 1. The molecule has 4 rings (SSSR count). The van der Waals surface area contributed by atoms with Crippen LogP contribution in [-0.4, -0.2) is 30.7 Å². The van der Waals surface area contributed by atoms with Crippen molar-refractivity contribution in [3.05, 3.63) is 35.9 Å². The van der Waals surface area contributed by atoms with E-state index in [1.807, 2.05) is 0 Å². The maximum atomic E-state index is 4.91. The van der Waals surface area contributed by atoms with Crippen molar-refractivity contribution in [2.45, 2.75) is 25.8 Å². The number of aryl methyl sites for hydroxylation is 1. The molecule has 2 saturated heterocycles. The number of para-hydroxylation sites is 1. The number of benzene rings is 1. The van der Waals surface area contributed by atoms with E-state index in [4.69, 9.17) is 4.98 Å². The van der Waals surface area contributed by atoms with Crippen LogP contribution < -0.4 is 10.2 Å². The van der Waals surface area contributed by atoms with Crippen molar-refractivity contribution in [1.82, 2.24) is 10.3 Å². The Balaban J connectivity index is 1.70. The highest BCUT2D eigenvalue weighted by Gasteiger charge is 2.35. The molecule has 1 aromatic heterocycles. The Morgan fingerprint density at radius 1 is 1.25 bits per heavy atom. The highest BCUT2D eigenvalue weighted by atomic mass is 15.2. The minimum absolute atomic E-state index is 0.663. The molecular formula is C17H21N3. The van der Waals surface area contributed by atoms with Gasteiger partial charge in [0.15, 0.2) is 0 Å². The zero-order valence-electron chi connectivity index (χ0n) is 12.0. The zero-order chi connectivity index (χ0) is 13.5. The topological polar surface area (TPSA) is 28.2 Å². The van der Waals surface area contributed by atoms with E-state index in [9.17, 15) is 0 Å². The third kappa shape index (κ3) is 1.97. The average Bonchev–Trinajstić information content (AvgIpc) is 2.90. The van der Waals surface area contributed by atoms with Crippen LogP contribution in [0.3, 0.4) is 0 Å². The molecular weight excluding hydrogens is 246 g/mol. The second kappa shape index (κ2) is 4.74. The Hall–Kier alpha value is -1.61. The second-order valence-corrected chi connectivity index (χ2v) is 6.19. The summed E-state index contributed by atoms with van der Waals surface area (Å²) in [5.41, 5.74) is 2.40. The number of pyridine rings is 1. The quantitative estimate of drug-likeness (QED) is 0.861. The van der Waals surface area contributed by atoms with Gasteiger partial charge in [0.25, 0.3) is 0 Å². The summed E-state index contributed by atoms with van der Waals surface area (Å²) in [5, 5.41) is 4.91. The predicted molar refractivity (Wildman–Crippen MR) is 83.2 cm³/mol. The first-order valence-corrected chi connectivity index (χ1v) is 7.66. The van der Waals surface area contributed by atoms with Crippen LogP contribution in [0.15, 0.2) is 30.3 Å². The van der Waals surface area contributed by atoms with Gasteiger partial charge in [-0.05, 0) is 49.9 Å². The summed E-state index contributed by atoms with van der Waals surface area (Å²) in [6, 6.07) is 11.3. The second-order valence-electron chi connectivity index (χ2n) is 6.19. The highest BCUT2D eigenvalue weighted by Crippen LogP contribution is 2.31. The maximum absolute atomic E-state index is 4.91. The number of hydrogen-bond donors (Lipinski definition) is 1. The Bertz CT molecular complexity index is 623. The fraction of sp³-hybridized carbons (Fsp3) is 0.471. The molecule has 0 spiro atoms. The predicted octanol–water partition coefficient (Wildman–Crippen LogP) is 2.73. The van der Waals surface area contributed by atoms with Crippen LogP contribution >= 0.6 is 0 Å². The van der Waals surface area contributed by atoms with Crippen LogP contribution in [0.2, 0.25) is 0 Å². The SMILES string of the molecule is Cc1cc2ccccc2nc1N1CC2CCCNC2C1. The van der Waals surface area contributed by atoms with E-state index in [-0.39, 0.29) is 0 Å². The van der Waals surface area contributed by atoms with Gasteiger partial charge >= 0.3 is 0 Å². The Morgan fingerprint density at radius 2 is 2.15 bits per heavy atom. The molecule has 0 radical (unpaired) electrons. The number of nitrogens with zero attached hydrogens (tertiary/aromatic N) is 2. The number of nitrogens with one attached hydrogen (secondary N) is 1. The van der Waals surface area contributed by atoms with Crippen molar-refractivity contribution in [3.8, 4) is 0 Å². The van der Waals surface area contributed by atoms with Gasteiger partial charge in [0.1, 0.15) is 5.82 Å². The molecule has 2 aliphatic heterocycles. The lowest BCUT2D eigenvalue weighted by molar-refractivity contribution is 0.340. The van der Waals surface area contributed by atoms with Crippen molar-refractivity contribution < 1.29 is 0 Å². The third-order valence-electron chi connectivity index (χ3n) is 4.79. The lowest BCUT2D eigenvalue weighted by Crippen LogP contribution is -2.40. The van der Waals surface area contributed by atoms with Crippen molar-refractivity contribution in [2.24, 2.45) is 5.92 Å². The molecule has 3 nitrogen and oxygen atoms in total. The summed E-state index contributed by atoms with van der Waals surface area (Å²) in [5.74, 6) is 1.98. The van der Waals surface area contributed by atoms with E-state index < -0.39 is 0 Å². The highest BCUT2D eigenvalue weighted by molar-refractivity contribution is 5.81. The molecule has 2 fully saturated rings. The standard InChI is InChI=1S/C17H21N3/c1-12-9-13-5-2-3-7-15(13)19-17(12)20-10-14-6-4-8-18-16(14)11-20/h2-3,5,7,9,14,16,18H,4,6,8,10-11H2,1H3. The Morgan fingerprint density at radius 3 is 3.05 bits per heavy atom. The summed E-state index contributed by atoms with van der Waals surface area (Å²) in [6.45, 7) is 5.63. The summed E-state index contributed by atoms with van der Waals surface area (Å²) in [7, 11) is 0. The first-order valence-electron chi connectivity index (χ1n) is 7.66. The molecule has 2 aromatic rings. The van der Waals surface area contributed by atoms with Crippen molar-refractivity contribution in [2.75, 3.05) is 24.5 Å². The molecule has 2 atom stereocenters. The van der Waals surface area contributed by atoms with Gasteiger partial charge in [0.05, 0.1) is 5.52 Å². The monoisotopic (exact) mass is 267 g/mol. The first-order chi connectivity index (χ1) is 9.81. The minimum atomic E-state index is 0.663. The lowest BCUT2D eigenvalue weighted by atomic mass is 9.94. The Labute approximate surface area is 120 Å². The van der Waals surface area contributed by atoms with E-state index in [1.165, 1.54) is 36.2 Å². The van der Waals surface area contributed by atoms with Gasteiger partial charge in [0.2, 0.25) is 0 Å². The fourth-order valence-corrected chi connectivity index (χ4v) is 3.75. The molecule has 20 heavy (non-hydrogen) atoms. The van der Waals surface area contributed by atoms with Gasteiger partial charge in [-0.15, -0.1) is 0 Å². The summed E-state index contributed by atoms with van der Waals surface area (Å²) < 4.78 is 0. The largest absolute Gasteiger partial charge is 0.354 e. The summed E-state index contributed by atoms with van der Waals surface area (Å²) >= 11 is 0. The van der Waals surface area contributed by atoms with Crippen LogP contribution in [0.5, 0.6) is 0 Å². The summed E-state index contributed by atoms with van der Waals surface area (Å²) in [4.78, 5) is 7.39.